The number of hydrogen-bond acceptors (Lipinski definition) is 16. The summed E-state index contributed by atoms with van der Waals surface area (Å²) in [5.41, 5.74) is -0.217. The third kappa shape index (κ3) is 5.77. The van der Waals surface area contributed by atoms with Gasteiger partial charge in [-0.25, -0.2) is 0 Å². The molecule has 11 N–H and O–H groups in total. The second kappa shape index (κ2) is 11.9. The first-order chi connectivity index (χ1) is 20.3. The summed E-state index contributed by atoms with van der Waals surface area (Å²) in [6.45, 7) is 0.849. The van der Waals surface area contributed by atoms with Crippen molar-refractivity contribution in [2.75, 3.05) is 6.61 Å². The van der Waals surface area contributed by atoms with Crippen molar-refractivity contribution < 1.29 is 79.9 Å². The number of aliphatic hydroxyl groups is 7. The molecule has 3 aliphatic heterocycles. The summed E-state index contributed by atoms with van der Waals surface area (Å²) < 4.78 is 28.0. The van der Waals surface area contributed by atoms with Crippen molar-refractivity contribution >= 4 is 5.76 Å². The van der Waals surface area contributed by atoms with Crippen LogP contribution >= 0.6 is 0 Å². The van der Waals surface area contributed by atoms with Crippen LogP contribution in [-0.4, -0.2) is 124 Å². The molecule has 2 aromatic carbocycles. The number of aromatic hydroxyl groups is 4. The summed E-state index contributed by atoms with van der Waals surface area (Å²) in [5.74, 6) is -3.04. The molecule has 0 amide bonds. The second-order valence-electron chi connectivity index (χ2n) is 10.4. The van der Waals surface area contributed by atoms with Gasteiger partial charge in [-0.15, -0.1) is 0 Å². The molecule has 16 nitrogen and oxygen atoms in total. The number of phenolic OH excluding ortho intramolecular Hbond substituents is 4. The van der Waals surface area contributed by atoms with Crippen molar-refractivity contribution in [2.24, 2.45) is 0 Å². The maximum atomic E-state index is 11.2. The maximum Gasteiger partial charge on any atom is 0.229 e. The molecule has 2 aromatic rings. The predicted octanol–water partition coefficient (Wildman–Crippen LogP) is -2.03. The number of hydrogen-bond donors (Lipinski definition) is 11. The molecule has 2 saturated heterocycles. The molecule has 5 rings (SSSR count). The first-order valence-corrected chi connectivity index (χ1v) is 13.1. The molecule has 3 heterocycles. The molecule has 2 fully saturated rings. The van der Waals surface area contributed by atoms with Crippen LogP contribution in [0, 0.1) is 0 Å². The minimum absolute atomic E-state index is 0.0295. The molecule has 43 heavy (non-hydrogen) atoms. The van der Waals surface area contributed by atoms with Crippen LogP contribution in [0.1, 0.15) is 24.2 Å². The Morgan fingerprint density at radius 3 is 2.07 bits per heavy atom. The lowest BCUT2D eigenvalue weighted by atomic mass is 9.97. The van der Waals surface area contributed by atoms with Gasteiger partial charge in [0.25, 0.3) is 0 Å². The zero-order chi connectivity index (χ0) is 31.3. The highest BCUT2D eigenvalue weighted by Gasteiger charge is 2.48. The number of phenols is 4. The van der Waals surface area contributed by atoms with Gasteiger partial charge in [-0.2, -0.15) is 0 Å². The third-order valence-electron chi connectivity index (χ3n) is 7.44. The summed E-state index contributed by atoms with van der Waals surface area (Å²) >= 11 is 0. The molecule has 0 bridgehead atoms. The first kappa shape index (κ1) is 31.0. The smallest absolute Gasteiger partial charge is 0.229 e. The van der Waals surface area contributed by atoms with E-state index in [0.717, 1.165) is 24.3 Å². The Morgan fingerprint density at radius 2 is 1.37 bits per heavy atom. The van der Waals surface area contributed by atoms with Crippen LogP contribution in [0.5, 0.6) is 28.7 Å². The molecular formula is C27H32O16. The fraction of sp³-hybridized carbons (Fsp3) is 0.481. The average Bonchev–Trinajstić information content (AvgIpc) is 2.96. The number of aliphatic hydroxyl groups excluding tert-OH is 7. The second-order valence-corrected chi connectivity index (χ2v) is 10.4. The van der Waals surface area contributed by atoms with Crippen molar-refractivity contribution in [2.45, 2.75) is 74.4 Å². The van der Waals surface area contributed by atoms with Crippen molar-refractivity contribution in [3.05, 3.63) is 47.2 Å². The maximum absolute atomic E-state index is 11.2. The molecule has 2 unspecified atom stereocenters. The van der Waals surface area contributed by atoms with Gasteiger partial charge in [-0.1, -0.05) is 0 Å². The van der Waals surface area contributed by atoms with Gasteiger partial charge in [-0.05, 0) is 25.1 Å². The van der Waals surface area contributed by atoms with E-state index in [9.17, 15) is 56.2 Å². The van der Waals surface area contributed by atoms with E-state index in [4.69, 9.17) is 23.7 Å². The van der Waals surface area contributed by atoms with Gasteiger partial charge < -0.3 is 79.9 Å². The van der Waals surface area contributed by atoms with E-state index in [1.165, 1.54) is 13.0 Å². The fourth-order valence-corrected chi connectivity index (χ4v) is 4.97. The molecule has 0 radical (unpaired) electrons. The molecule has 16 heteroatoms. The highest BCUT2D eigenvalue weighted by Crippen LogP contribution is 2.48. The molecule has 3 aliphatic rings. The topological polar surface area (TPSA) is 269 Å². The monoisotopic (exact) mass is 612 g/mol. The normalized spacial score (nSPS) is 36.1. The zero-order valence-electron chi connectivity index (χ0n) is 22.4. The van der Waals surface area contributed by atoms with Crippen LogP contribution in [0.2, 0.25) is 0 Å². The molecular weight excluding hydrogens is 580 g/mol. The zero-order valence-corrected chi connectivity index (χ0v) is 22.4. The van der Waals surface area contributed by atoms with Crippen LogP contribution in [0.15, 0.2) is 36.1 Å². The number of fused-ring (bicyclic) bond motifs is 1. The molecule has 236 valence electrons. The van der Waals surface area contributed by atoms with Crippen LogP contribution in [0.25, 0.3) is 5.76 Å². The summed E-state index contributed by atoms with van der Waals surface area (Å²) in [7, 11) is 0. The Labute approximate surface area is 243 Å². The fourth-order valence-electron chi connectivity index (χ4n) is 4.97. The van der Waals surface area contributed by atoms with Gasteiger partial charge >= 0.3 is 0 Å². The first-order valence-electron chi connectivity index (χ1n) is 13.1. The van der Waals surface area contributed by atoms with E-state index in [-0.39, 0.29) is 22.6 Å². The Morgan fingerprint density at radius 1 is 0.698 bits per heavy atom. The predicted molar refractivity (Wildman–Crippen MR) is 138 cm³/mol. The average molecular weight is 613 g/mol. The summed E-state index contributed by atoms with van der Waals surface area (Å²) in [4.78, 5) is 0. The Bertz CT molecular complexity index is 1360. The van der Waals surface area contributed by atoms with Crippen molar-refractivity contribution in [3.63, 3.8) is 0 Å². The van der Waals surface area contributed by atoms with Crippen molar-refractivity contribution in [1.29, 1.82) is 0 Å². The molecule has 0 spiro atoms. The van der Waals surface area contributed by atoms with Crippen molar-refractivity contribution in [3.8, 4) is 28.7 Å². The summed E-state index contributed by atoms with van der Waals surface area (Å²) in [6.07, 6.45) is -17.7. The van der Waals surface area contributed by atoms with E-state index >= 15 is 0 Å². The molecule has 0 aromatic heterocycles. The third-order valence-corrected chi connectivity index (χ3v) is 7.44. The largest absolute Gasteiger partial charge is 0.508 e. The SMILES string of the molecule is C[C@@H]1O[C@@H](OC[C@H]2OC(OC3=C(c4ccc(O)c(O)c4)Oc4cc(O)cc(O)c4C3O)[C@H](O)[C@@H](O)[C@@H]2O)[C@H](O)[C@H](O)[C@H]1O. The molecule has 0 saturated carbocycles. The van der Waals surface area contributed by atoms with Crippen LogP contribution in [0.4, 0.5) is 0 Å². The Hall–Kier alpha value is -3.42. The van der Waals surface area contributed by atoms with E-state index < -0.39 is 103 Å². The Kier molecular flexibility index (Phi) is 8.61. The Balaban J connectivity index is 1.43. The van der Waals surface area contributed by atoms with Gasteiger partial charge in [0.05, 0.1) is 18.3 Å². The minimum Gasteiger partial charge on any atom is -0.508 e. The quantitative estimate of drug-likeness (QED) is 0.157. The van der Waals surface area contributed by atoms with Gasteiger partial charge in [0.15, 0.2) is 29.3 Å². The molecule has 0 aliphatic carbocycles. The highest BCUT2D eigenvalue weighted by molar-refractivity contribution is 5.72. The van der Waals surface area contributed by atoms with E-state index in [0.29, 0.717) is 0 Å². The van der Waals surface area contributed by atoms with Crippen LogP contribution in [-0.2, 0) is 18.9 Å². The van der Waals surface area contributed by atoms with Crippen molar-refractivity contribution in [1.82, 2.24) is 0 Å². The lowest BCUT2D eigenvalue weighted by molar-refractivity contribution is -0.324. The summed E-state index contributed by atoms with van der Waals surface area (Å²) in [5, 5.41) is 113. The summed E-state index contributed by atoms with van der Waals surface area (Å²) in [6, 6.07) is 5.47. The van der Waals surface area contributed by atoms with Crippen LogP contribution < -0.4 is 4.74 Å². The number of ether oxygens (including phenoxy) is 5. The van der Waals surface area contributed by atoms with Gasteiger partial charge in [-0.3, -0.25) is 0 Å². The number of rotatable bonds is 6. The van der Waals surface area contributed by atoms with E-state index in [1.54, 1.807) is 0 Å². The van der Waals surface area contributed by atoms with Gasteiger partial charge in [0.2, 0.25) is 6.29 Å². The van der Waals surface area contributed by atoms with E-state index in [1.807, 2.05) is 0 Å². The lowest BCUT2D eigenvalue weighted by Gasteiger charge is -2.43. The number of benzene rings is 2. The van der Waals surface area contributed by atoms with E-state index in [2.05, 4.69) is 0 Å². The van der Waals surface area contributed by atoms with Gasteiger partial charge in [0, 0.05) is 17.7 Å². The highest BCUT2D eigenvalue weighted by atomic mass is 16.7. The lowest BCUT2D eigenvalue weighted by Crippen LogP contribution is -2.61. The van der Waals surface area contributed by atoms with Crippen LogP contribution in [0.3, 0.4) is 0 Å². The molecule has 11 atom stereocenters. The van der Waals surface area contributed by atoms with Gasteiger partial charge in [0.1, 0.15) is 66.1 Å². The minimum atomic E-state index is -1.93. The standard InChI is InChI=1S/C27H32O16/c1-8-17(32)20(35)22(37)26(40-8)39-7-15-18(33)21(36)23(38)27(42-15)43-25-19(34)16-13(31)5-10(28)6-14(16)41-24(25)9-2-3-11(29)12(30)4-9/h2-6,8,15,17-23,26-38H,7H2,1H3/t8-,15+,17-,18+,19?,20+,21-,22+,23+,26+,27?/m0/s1.